The van der Waals surface area contributed by atoms with Crippen molar-refractivity contribution in [3.05, 3.63) is 33.8 Å². The molecule has 1 N–H and O–H groups in total. The van der Waals surface area contributed by atoms with Gasteiger partial charge in [0.2, 0.25) is 0 Å². The third kappa shape index (κ3) is 2.52. The minimum atomic E-state index is 0.166. The molecule has 4 nitrogen and oxygen atoms in total. The number of aryl methyl sites for hydroxylation is 3. The first-order valence-electron chi connectivity index (χ1n) is 7.49. The number of aromatic nitrogens is 3. The van der Waals surface area contributed by atoms with Gasteiger partial charge in [-0.1, -0.05) is 6.92 Å². The Kier molecular flexibility index (Phi) is 4.17. The van der Waals surface area contributed by atoms with E-state index in [1.165, 1.54) is 40.5 Å². The molecule has 0 radical (unpaired) electrons. The van der Waals surface area contributed by atoms with Gasteiger partial charge in [-0.05, 0) is 39.2 Å². The lowest BCUT2D eigenvalue weighted by molar-refractivity contribution is 0.579. The third-order valence-electron chi connectivity index (χ3n) is 3.90. The first-order valence-corrected chi connectivity index (χ1v) is 8.31. The van der Waals surface area contributed by atoms with Gasteiger partial charge >= 0.3 is 0 Å². The Morgan fingerprint density at radius 1 is 1.40 bits per heavy atom. The van der Waals surface area contributed by atoms with E-state index in [9.17, 15) is 0 Å². The zero-order chi connectivity index (χ0) is 13.9. The molecule has 20 heavy (non-hydrogen) atoms. The van der Waals surface area contributed by atoms with Gasteiger partial charge in [0, 0.05) is 11.4 Å². The molecule has 1 atom stereocenters. The molecule has 0 saturated carbocycles. The summed E-state index contributed by atoms with van der Waals surface area (Å²) in [6.45, 7) is 3.21. The zero-order valence-electron chi connectivity index (χ0n) is 12.2. The van der Waals surface area contributed by atoms with Crippen LogP contribution in [-0.2, 0) is 19.4 Å². The first kappa shape index (κ1) is 13.8. The maximum atomic E-state index is 4.89. The summed E-state index contributed by atoms with van der Waals surface area (Å²) in [4.78, 5) is 10.7. The highest BCUT2D eigenvalue weighted by molar-refractivity contribution is 7.11. The molecular weight excluding hydrogens is 268 g/mol. The van der Waals surface area contributed by atoms with Gasteiger partial charge < -0.3 is 9.88 Å². The Bertz CT molecular complexity index is 549. The van der Waals surface area contributed by atoms with Crippen molar-refractivity contribution in [2.45, 2.75) is 51.6 Å². The Morgan fingerprint density at radius 2 is 2.25 bits per heavy atom. The Balaban J connectivity index is 1.92. The molecule has 108 valence electrons. The highest BCUT2D eigenvalue weighted by atomic mass is 32.1. The molecule has 0 aliphatic heterocycles. The maximum absolute atomic E-state index is 4.89. The topological polar surface area (TPSA) is 42.7 Å². The van der Waals surface area contributed by atoms with Gasteiger partial charge in [-0.2, -0.15) is 0 Å². The summed E-state index contributed by atoms with van der Waals surface area (Å²) in [6.07, 6.45) is 9.97. The highest BCUT2D eigenvalue weighted by Crippen LogP contribution is 2.32. The van der Waals surface area contributed by atoms with Crippen molar-refractivity contribution in [1.29, 1.82) is 0 Å². The van der Waals surface area contributed by atoms with E-state index in [0.29, 0.717) is 0 Å². The van der Waals surface area contributed by atoms with Crippen molar-refractivity contribution in [1.82, 2.24) is 19.9 Å². The predicted molar refractivity (Wildman–Crippen MR) is 82.2 cm³/mol. The van der Waals surface area contributed by atoms with E-state index in [1.54, 1.807) is 0 Å². The molecule has 2 aromatic rings. The van der Waals surface area contributed by atoms with E-state index in [4.69, 9.17) is 4.98 Å². The van der Waals surface area contributed by atoms with E-state index < -0.39 is 0 Å². The first-order chi connectivity index (χ1) is 9.83. The van der Waals surface area contributed by atoms with Crippen LogP contribution >= 0.6 is 11.3 Å². The lowest BCUT2D eigenvalue weighted by Crippen LogP contribution is -2.21. The van der Waals surface area contributed by atoms with Gasteiger partial charge in [0.15, 0.2) is 0 Å². The molecule has 0 bridgehead atoms. The summed E-state index contributed by atoms with van der Waals surface area (Å²) in [7, 11) is 2.01. The number of thiazole rings is 1. The van der Waals surface area contributed by atoms with Gasteiger partial charge in [0.25, 0.3) is 0 Å². The van der Waals surface area contributed by atoms with Crippen LogP contribution in [-0.4, -0.2) is 21.6 Å². The number of imidazole rings is 1. The molecule has 3 rings (SSSR count). The molecule has 0 aromatic carbocycles. The van der Waals surface area contributed by atoms with E-state index in [2.05, 4.69) is 21.8 Å². The van der Waals surface area contributed by atoms with Gasteiger partial charge in [0.05, 0.1) is 23.9 Å². The Morgan fingerprint density at radius 3 is 3.00 bits per heavy atom. The van der Waals surface area contributed by atoms with Gasteiger partial charge in [-0.3, -0.25) is 0 Å². The van der Waals surface area contributed by atoms with Crippen molar-refractivity contribution < 1.29 is 0 Å². The summed E-state index contributed by atoms with van der Waals surface area (Å²) < 4.78 is 2.24. The number of nitrogens with one attached hydrogen (secondary N) is 1. The lowest BCUT2D eigenvalue weighted by Gasteiger charge is -2.15. The lowest BCUT2D eigenvalue weighted by atomic mass is 10.0. The molecule has 0 spiro atoms. The molecule has 0 amide bonds. The van der Waals surface area contributed by atoms with Gasteiger partial charge in [0.1, 0.15) is 11.0 Å². The van der Waals surface area contributed by atoms with Crippen LogP contribution in [0.25, 0.3) is 0 Å². The van der Waals surface area contributed by atoms with E-state index in [-0.39, 0.29) is 6.04 Å². The van der Waals surface area contributed by atoms with Gasteiger partial charge in [-0.15, -0.1) is 11.3 Å². The largest absolute Gasteiger partial charge is 0.333 e. The fourth-order valence-electron chi connectivity index (χ4n) is 2.89. The average molecular weight is 290 g/mol. The fourth-order valence-corrected chi connectivity index (χ4v) is 4.17. The summed E-state index contributed by atoms with van der Waals surface area (Å²) in [6, 6.07) is 0.166. The van der Waals surface area contributed by atoms with E-state index in [0.717, 1.165) is 19.4 Å². The molecule has 1 aliphatic carbocycles. The summed E-state index contributed by atoms with van der Waals surface area (Å²) in [5.74, 6) is 0. The van der Waals surface area contributed by atoms with Crippen molar-refractivity contribution in [3.63, 3.8) is 0 Å². The summed E-state index contributed by atoms with van der Waals surface area (Å²) in [5.41, 5.74) is 2.55. The molecule has 2 heterocycles. The molecule has 1 aliphatic rings. The van der Waals surface area contributed by atoms with Crippen molar-refractivity contribution in [2.75, 3.05) is 7.05 Å². The second kappa shape index (κ2) is 6.06. The van der Waals surface area contributed by atoms with Crippen molar-refractivity contribution in [2.24, 2.45) is 0 Å². The zero-order valence-corrected chi connectivity index (χ0v) is 13.0. The second-order valence-corrected chi connectivity index (χ2v) is 6.48. The smallest absolute Gasteiger partial charge is 0.116 e. The number of fused-ring (bicyclic) bond motifs is 1. The quantitative estimate of drug-likeness (QED) is 0.920. The van der Waals surface area contributed by atoms with Crippen LogP contribution in [0.1, 0.15) is 53.5 Å². The molecule has 2 aromatic heterocycles. The number of rotatable bonds is 5. The molecule has 1 unspecified atom stereocenters. The molecule has 0 saturated heterocycles. The maximum Gasteiger partial charge on any atom is 0.116 e. The van der Waals surface area contributed by atoms with Crippen LogP contribution in [0.15, 0.2) is 12.5 Å². The van der Waals surface area contributed by atoms with Crippen LogP contribution in [0.5, 0.6) is 0 Å². The standard InChI is InChI=1S/C15H22N4S/c1-3-8-19-10-17-9-12(19)14(16-2)15-18-11-6-4-5-7-13(11)20-15/h9-10,14,16H,3-8H2,1-2H3. The van der Waals surface area contributed by atoms with Crippen molar-refractivity contribution >= 4 is 11.3 Å². The second-order valence-electron chi connectivity index (χ2n) is 5.36. The summed E-state index contributed by atoms with van der Waals surface area (Å²) >= 11 is 1.88. The Labute approximate surface area is 124 Å². The Hall–Kier alpha value is -1.20. The van der Waals surface area contributed by atoms with Crippen LogP contribution in [0, 0.1) is 0 Å². The summed E-state index contributed by atoms with van der Waals surface area (Å²) in [5, 5.41) is 4.61. The van der Waals surface area contributed by atoms with Gasteiger partial charge in [-0.25, -0.2) is 9.97 Å². The van der Waals surface area contributed by atoms with Crippen LogP contribution in [0.4, 0.5) is 0 Å². The monoisotopic (exact) mass is 290 g/mol. The van der Waals surface area contributed by atoms with Crippen LogP contribution < -0.4 is 5.32 Å². The van der Waals surface area contributed by atoms with Crippen LogP contribution in [0.3, 0.4) is 0 Å². The van der Waals surface area contributed by atoms with Crippen LogP contribution in [0.2, 0.25) is 0 Å². The normalized spacial score (nSPS) is 16.1. The number of hydrogen-bond acceptors (Lipinski definition) is 4. The molecule has 5 heteroatoms. The number of nitrogens with zero attached hydrogens (tertiary/aromatic N) is 3. The minimum absolute atomic E-state index is 0.166. The van der Waals surface area contributed by atoms with Crippen molar-refractivity contribution in [3.8, 4) is 0 Å². The highest BCUT2D eigenvalue weighted by Gasteiger charge is 2.23. The number of hydrogen-bond donors (Lipinski definition) is 1. The third-order valence-corrected chi connectivity index (χ3v) is 5.12. The fraction of sp³-hybridized carbons (Fsp3) is 0.600. The average Bonchev–Trinajstić information content (AvgIpc) is 3.07. The predicted octanol–water partition coefficient (Wildman–Crippen LogP) is 2.94. The van der Waals surface area contributed by atoms with E-state index >= 15 is 0 Å². The SMILES string of the molecule is CCCn1cncc1C(NC)c1nc2c(s1)CCCC2. The molecular formula is C15H22N4S. The molecule has 0 fully saturated rings. The minimum Gasteiger partial charge on any atom is -0.333 e. The van der Waals surface area contributed by atoms with E-state index in [1.807, 2.05) is 30.9 Å².